The van der Waals surface area contributed by atoms with Crippen molar-refractivity contribution >= 4 is 11.8 Å². The van der Waals surface area contributed by atoms with Crippen LogP contribution >= 0.6 is 0 Å². The quantitative estimate of drug-likeness (QED) is 0.276. The summed E-state index contributed by atoms with van der Waals surface area (Å²) in [5.41, 5.74) is 8.22. The van der Waals surface area contributed by atoms with Crippen LogP contribution in [-0.4, -0.2) is 16.6 Å². The molecule has 0 amide bonds. The first-order valence-corrected chi connectivity index (χ1v) is 4.30. The molecule has 0 aliphatic rings. The third-order valence-corrected chi connectivity index (χ3v) is 1.77. The third-order valence-electron chi connectivity index (χ3n) is 1.77. The summed E-state index contributed by atoms with van der Waals surface area (Å²) in [6.45, 7) is 0.124. The fraction of sp³-hybridized carbons (Fsp3) is 0.111. The maximum Gasteiger partial charge on any atom is 0.270 e. The topological polar surface area (TPSA) is 112 Å². The van der Waals surface area contributed by atoms with Crippen molar-refractivity contribution in [3.05, 3.63) is 50.4 Å². The van der Waals surface area contributed by atoms with Crippen molar-refractivity contribution in [2.45, 2.75) is 0 Å². The number of phenols is 1. The van der Waals surface area contributed by atoms with E-state index in [9.17, 15) is 15.2 Å². The van der Waals surface area contributed by atoms with E-state index >= 15 is 0 Å². The summed E-state index contributed by atoms with van der Waals surface area (Å²) in [6.07, 6.45) is 2.95. The lowest BCUT2D eigenvalue weighted by Gasteiger charge is -1.98. The molecule has 7 nitrogen and oxygen atoms in total. The summed E-state index contributed by atoms with van der Waals surface area (Å²) >= 11 is 0. The Morgan fingerprint density at radius 1 is 1.62 bits per heavy atom. The van der Waals surface area contributed by atoms with E-state index in [-0.39, 0.29) is 18.0 Å². The Labute approximate surface area is 90.4 Å². The van der Waals surface area contributed by atoms with Crippen LogP contribution in [0.5, 0.6) is 5.75 Å². The molecule has 0 aliphatic carbocycles. The average molecular weight is 220 g/mol. The molecule has 0 bridgehead atoms. The first-order chi connectivity index (χ1) is 7.65. The second-order valence-electron chi connectivity index (χ2n) is 2.82. The number of nitrogens with zero attached hydrogens (tertiary/aromatic N) is 4. The lowest BCUT2D eigenvalue weighted by Crippen LogP contribution is -1.88. The van der Waals surface area contributed by atoms with Gasteiger partial charge in [-0.3, -0.25) is 10.1 Å². The number of hydrogen-bond acceptors (Lipinski definition) is 4. The third kappa shape index (κ3) is 3.00. The zero-order valence-corrected chi connectivity index (χ0v) is 8.15. The summed E-state index contributed by atoms with van der Waals surface area (Å²) in [4.78, 5) is 12.5. The van der Waals surface area contributed by atoms with E-state index < -0.39 is 4.92 Å². The molecule has 0 radical (unpaired) electrons. The van der Waals surface area contributed by atoms with Crippen LogP contribution in [0, 0.1) is 10.1 Å². The van der Waals surface area contributed by atoms with E-state index in [0.717, 1.165) is 0 Å². The van der Waals surface area contributed by atoms with Crippen LogP contribution in [0.4, 0.5) is 5.69 Å². The molecule has 0 fully saturated rings. The second kappa shape index (κ2) is 5.38. The molecule has 0 heterocycles. The maximum absolute atomic E-state index is 10.5. The van der Waals surface area contributed by atoms with Gasteiger partial charge in [0.1, 0.15) is 5.75 Å². The Morgan fingerprint density at radius 3 is 3.00 bits per heavy atom. The van der Waals surface area contributed by atoms with Crippen LogP contribution in [0.15, 0.2) is 29.4 Å². The van der Waals surface area contributed by atoms with Crippen LogP contribution in [0.25, 0.3) is 16.5 Å². The molecule has 0 atom stereocenters. The van der Waals surface area contributed by atoms with Crippen LogP contribution in [0.2, 0.25) is 0 Å². The largest absolute Gasteiger partial charge is 0.507 e. The van der Waals surface area contributed by atoms with Gasteiger partial charge < -0.3 is 5.11 Å². The average Bonchev–Trinajstić information content (AvgIpc) is 2.26. The molecule has 1 N–H and O–H groups in total. The van der Waals surface area contributed by atoms with Crippen molar-refractivity contribution in [2.75, 3.05) is 6.54 Å². The van der Waals surface area contributed by atoms with Crippen LogP contribution in [0.1, 0.15) is 5.56 Å². The minimum Gasteiger partial charge on any atom is -0.507 e. The van der Waals surface area contributed by atoms with E-state index in [1.165, 1.54) is 30.4 Å². The molecule has 0 spiro atoms. The molecule has 0 unspecified atom stereocenters. The van der Waals surface area contributed by atoms with Gasteiger partial charge in [-0.2, -0.15) is 0 Å². The van der Waals surface area contributed by atoms with Crippen molar-refractivity contribution in [3.63, 3.8) is 0 Å². The fourth-order valence-corrected chi connectivity index (χ4v) is 1.05. The number of rotatable bonds is 4. The van der Waals surface area contributed by atoms with E-state index in [1.54, 1.807) is 0 Å². The highest BCUT2D eigenvalue weighted by Crippen LogP contribution is 2.23. The lowest BCUT2D eigenvalue weighted by atomic mass is 10.1. The van der Waals surface area contributed by atoms with Crippen LogP contribution < -0.4 is 0 Å². The Balaban J connectivity index is 2.94. The molecular formula is C9H8N4O3. The van der Waals surface area contributed by atoms with Crippen molar-refractivity contribution in [1.82, 2.24) is 0 Å². The van der Waals surface area contributed by atoms with Gasteiger partial charge in [-0.1, -0.05) is 17.3 Å². The van der Waals surface area contributed by atoms with Gasteiger partial charge in [-0.05, 0) is 11.6 Å². The molecule has 1 aromatic carbocycles. The van der Waals surface area contributed by atoms with Gasteiger partial charge in [-0.15, -0.1) is 0 Å². The van der Waals surface area contributed by atoms with Gasteiger partial charge in [0.2, 0.25) is 0 Å². The van der Waals surface area contributed by atoms with Gasteiger partial charge in [-0.25, -0.2) is 0 Å². The summed E-state index contributed by atoms with van der Waals surface area (Å²) in [5.74, 6) is -0.0669. The highest BCUT2D eigenvalue weighted by Gasteiger charge is 2.07. The molecule has 1 aromatic rings. The molecule has 0 aliphatic heterocycles. The Kier molecular flexibility index (Phi) is 3.88. The number of aromatic hydroxyl groups is 1. The van der Waals surface area contributed by atoms with E-state index in [4.69, 9.17) is 5.53 Å². The monoisotopic (exact) mass is 220 g/mol. The number of hydrogen-bond donors (Lipinski definition) is 1. The number of phenolic OH excluding ortho intramolecular Hbond substituents is 1. The molecule has 7 heteroatoms. The van der Waals surface area contributed by atoms with Crippen LogP contribution in [-0.2, 0) is 0 Å². The smallest absolute Gasteiger partial charge is 0.270 e. The predicted octanol–water partition coefficient (Wildman–Crippen LogP) is 2.62. The van der Waals surface area contributed by atoms with Crippen molar-refractivity contribution < 1.29 is 10.0 Å². The first kappa shape index (κ1) is 11.5. The summed E-state index contributed by atoms with van der Waals surface area (Å²) < 4.78 is 0. The van der Waals surface area contributed by atoms with Gasteiger partial charge in [0.05, 0.1) is 4.92 Å². The number of azide groups is 1. The molecule has 16 heavy (non-hydrogen) atoms. The number of nitro groups is 1. The highest BCUT2D eigenvalue weighted by atomic mass is 16.6. The molecule has 0 saturated carbocycles. The van der Waals surface area contributed by atoms with Crippen molar-refractivity contribution in [3.8, 4) is 5.75 Å². The normalized spacial score (nSPS) is 10.0. The maximum atomic E-state index is 10.5. The minimum atomic E-state index is -0.551. The van der Waals surface area contributed by atoms with Gasteiger partial charge in [0.25, 0.3) is 5.69 Å². The number of nitro benzene ring substituents is 1. The van der Waals surface area contributed by atoms with Gasteiger partial charge in [0, 0.05) is 29.2 Å². The van der Waals surface area contributed by atoms with Gasteiger partial charge >= 0.3 is 0 Å². The van der Waals surface area contributed by atoms with E-state index in [2.05, 4.69) is 10.0 Å². The van der Waals surface area contributed by atoms with Crippen LogP contribution in [0.3, 0.4) is 0 Å². The molecule has 1 rings (SSSR count). The zero-order chi connectivity index (χ0) is 12.0. The Hall–Kier alpha value is -2.53. The minimum absolute atomic E-state index is 0.0669. The fourth-order valence-electron chi connectivity index (χ4n) is 1.05. The van der Waals surface area contributed by atoms with Crippen molar-refractivity contribution in [2.24, 2.45) is 5.11 Å². The second-order valence-corrected chi connectivity index (χ2v) is 2.82. The lowest BCUT2D eigenvalue weighted by molar-refractivity contribution is -0.384. The molecule has 0 saturated heterocycles. The Bertz CT molecular complexity index is 478. The standard InChI is InChI=1S/C9H8N4O3/c10-12-11-5-1-2-7-6-8(13(15)16)3-4-9(7)14/h1-4,6,14H,5H2. The molecular weight excluding hydrogens is 212 g/mol. The SMILES string of the molecule is [N-]=[N+]=NCC=Cc1cc([N+](=O)[O-])ccc1O. The van der Waals surface area contributed by atoms with Crippen molar-refractivity contribution in [1.29, 1.82) is 0 Å². The van der Waals surface area contributed by atoms with E-state index in [0.29, 0.717) is 5.56 Å². The summed E-state index contributed by atoms with van der Waals surface area (Å²) in [6, 6.07) is 3.69. The summed E-state index contributed by atoms with van der Waals surface area (Å²) in [5, 5.41) is 23.1. The predicted molar refractivity (Wildman–Crippen MR) is 57.8 cm³/mol. The Morgan fingerprint density at radius 2 is 2.38 bits per heavy atom. The number of benzene rings is 1. The first-order valence-electron chi connectivity index (χ1n) is 4.30. The highest BCUT2D eigenvalue weighted by molar-refractivity contribution is 5.60. The zero-order valence-electron chi connectivity index (χ0n) is 8.15. The molecule has 82 valence electrons. The van der Waals surface area contributed by atoms with E-state index in [1.807, 2.05) is 0 Å². The summed E-state index contributed by atoms with van der Waals surface area (Å²) in [7, 11) is 0. The van der Waals surface area contributed by atoms with Gasteiger partial charge in [0.15, 0.2) is 0 Å². The number of non-ortho nitro benzene ring substituents is 1. The molecule has 0 aromatic heterocycles.